The number of halogens is 1. The number of fused-ring (bicyclic) bond motifs is 1. The van der Waals surface area contributed by atoms with Crippen LogP contribution in [0.3, 0.4) is 0 Å². The number of carbonyl (C=O) groups excluding carboxylic acids is 1. The molecule has 0 aliphatic heterocycles. The van der Waals surface area contributed by atoms with Crippen LogP contribution in [0, 0.1) is 6.92 Å². The molecule has 3 aromatic rings. The molecule has 0 saturated heterocycles. The Morgan fingerprint density at radius 3 is 2.56 bits per heavy atom. The normalized spacial score (nSPS) is 15.0. The van der Waals surface area contributed by atoms with Crippen LogP contribution in [0.15, 0.2) is 41.2 Å². The Balaban J connectivity index is 1.51. The second-order valence-corrected chi connectivity index (χ2v) is 11.1. The first-order valence-electron chi connectivity index (χ1n) is 12.6. The summed E-state index contributed by atoms with van der Waals surface area (Å²) in [7, 11) is 0. The van der Waals surface area contributed by atoms with Gasteiger partial charge in [0, 0.05) is 24.2 Å². The predicted molar refractivity (Wildman–Crippen MR) is 142 cm³/mol. The van der Waals surface area contributed by atoms with Gasteiger partial charge in [0.25, 0.3) is 0 Å². The number of aryl methyl sites for hydroxylation is 1. The van der Waals surface area contributed by atoms with E-state index < -0.39 is 11.7 Å². The molecule has 1 amide bonds. The zero-order chi connectivity index (χ0) is 25.9. The molecule has 0 spiro atoms. The largest absolute Gasteiger partial charge is 0.444 e. The van der Waals surface area contributed by atoms with Crippen LogP contribution in [0.1, 0.15) is 63.4 Å². The Morgan fingerprint density at radius 2 is 1.92 bits per heavy atom. The van der Waals surface area contributed by atoms with Crippen molar-refractivity contribution >= 4 is 23.2 Å². The molecule has 0 unspecified atom stereocenters. The van der Waals surface area contributed by atoms with Crippen molar-refractivity contribution in [2.75, 3.05) is 19.6 Å². The Kier molecular flexibility index (Phi) is 7.76. The minimum atomic E-state index is -0.507. The van der Waals surface area contributed by atoms with Crippen molar-refractivity contribution < 1.29 is 9.53 Å². The number of hydrogen-bond donors (Lipinski definition) is 2. The molecule has 0 radical (unpaired) electrons. The van der Waals surface area contributed by atoms with Gasteiger partial charge < -0.3 is 15.4 Å². The highest BCUT2D eigenvalue weighted by Gasteiger charge is 2.41. The average molecular weight is 514 g/mol. The van der Waals surface area contributed by atoms with E-state index in [2.05, 4.69) is 21.8 Å². The van der Waals surface area contributed by atoms with E-state index in [9.17, 15) is 9.59 Å². The maximum atomic E-state index is 13.6. The van der Waals surface area contributed by atoms with Crippen LogP contribution >= 0.6 is 11.6 Å². The Bertz CT molecular complexity index is 1270. The lowest BCUT2D eigenvalue weighted by atomic mass is 9.66. The highest BCUT2D eigenvalue weighted by atomic mass is 35.5. The van der Waals surface area contributed by atoms with Crippen molar-refractivity contribution in [2.45, 2.75) is 70.9 Å². The molecule has 1 aliphatic carbocycles. The summed E-state index contributed by atoms with van der Waals surface area (Å²) in [5.41, 5.74) is 2.53. The van der Waals surface area contributed by atoms with E-state index in [1.807, 2.05) is 62.6 Å². The number of ether oxygens (including phenoxy) is 1. The van der Waals surface area contributed by atoms with Crippen molar-refractivity contribution in [3.8, 4) is 0 Å². The summed E-state index contributed by atoms with van der Waals surface area (Å²) in [5.74, 6) is 0. The van der Waals surface area contributed by atoms with Gasteiger partial charge in [-0.15, -0.1) is 0 Å². The maximum Gasteiger partial charge on any atom is 0.407 e. The molecule has 2 aromatic heterocycles. The molecular formula is C27H36ClN5O3. The standard InChI is InChI=1S/C27H36ClN5O3/c1-19-23(28)21-16-22(32(25(35)33(21)31-19)17-20-10-6-5-7-11-20)27(12-8-13-27)18-29-14-9-15-30-24(34)36-26(2,3)4/h5-7,10-11,16,29H,8-9,12-15,17-18H2,1-4H3,(H,30,34). The molecule has 0 atom stereocenters. The molecule has 36 heavy (non-hydrogen) atoms. The minimum Gasteiger partial charge on any atom is -0.444 e. The Hall–Kier alpha value is -2.84. The first-order valence-corrected chi connectivity index (χ1v) is 13.0. The summed E-state index contributed by atoms with van der Waals surface area (Å²) in [4.78, 5) is 25.5. The van der Waals surface area contributed by atoms with E-state index in [1.54, 1.807) is 0 Å². The van der Waals surface area contributed by atoms with E-state index in [-0.39, 0.29) is 11.1 Å². The molecule has 4 rings (SSSR count). The molecule has 1 aromatic carbocycles. The van der Waals surface area contributed by atoms with Gasteiger partial charge in [-0.05, 0) is 65.1 Å². The summed E-state index contributed by atoms with van der Waals surface area (Å²) in [6.45, 7) is 9.86. The third-order valence-electron chi connectivity index (χ3n) is 6.70. The lowest BCUT2D eigenvalue weighted by molar-refractivity contribution is 0.0527. The van der Waals surface area contributed by atoms with Gasteiger partial charge in [0.2, 0.25) is 0 Å². The van der Waals surface area contributed by atoms with Crippen LogP contribution in [0.2, 0.25) is 5.02 Å². The fraction of sp³-hybridized carbons (Fsp3) is 0.519. The number of amides is 1. The van der Waals surface area contributed by atoms with Gasteiger partial charge in [-0.25, -0.2) is 9.59 Å². The molecule has 9 heteroatoms. The van der Waals surface area contributed by atoms with Gasteiger partial charge >= 0.3 is 11.8 Å². The first kappa shape index (κ1) is 26.2. The van der Waals surface area contributed by atoms with E-state index in [0.717, 1.165) is 50.0 Å². The number of benzene rings is 1. The van der Waals surface area contributed by atoms with Crippen LogP contribution in [-0.4, -0.2) is 45.5 Å². The quantitative estimate of drug-likeness (QED) is 0.413. The monoisotopic (exact) mass is 513 g/mol. The SMILES string of the molecule is Cc1nn2c(=O)n(Cc3ccccc3)c(C3(CNCCCNC(=O)OC(C)(C)C)CCC3)cc2c1Cl. The van der Waals surface area contributed by atoms with Gasteiger partial charge in [0.05, 0.1) is 22.8 Å². The van der Waals surface area contributed by atoms with Gasteiger partial charge in [-0.2, -0.15) is 9.61 Å². The molecule has 8 nitrogen and oxygen atoms in total. The van der Waals surface area contributed by atoms with Crippen molar-refractivity contribution in [2.24, 2.45) is 0 Å². The molecule has 2 heterocycles. The fourth-order valence-corrected chi connectivity index (χ4v) is 4.92. The second-order valence-electron chi connectivity index (χ2n) is 10.7. The average Bonchev–Trinajstić information content (AvgIpc) is 3.08. The van der Waals surface area contributed by atoms with Gasteiger partial charge in [0.1, 0.15) is 5.60 Å². The minimum absolute atomic E-state index is 0.157. The van der Waals surface area contributed by atoms with Gasteiger partial charge in [-0.3, -0.25) is 4.57 Å². The van der Waals surface area contributed by atoms with Crippen LogP contribution in [0.4, 0.5) is 4.79 Å². The van der Waals surface area contributed by atoms with E-state index >= 15 is 0 Å². The zero-order valence-electron chi connectivity index (χ0n) is 21.6. The summed E-state index contributed by atoms with van der Waals surface area (Å²) in [6, 6.07) is 12.1. The maximum absolute atomic E-state index is 13.6. The summed E-state index contributed by atoms with van der Waals surface area (Å²) >= 11 is 6.54. The number of rotatable bonds is 9. The molecule has 1 fully saturated rings. The number of nitrogens with zero attached hydrogens (tertiary/aromatic N) is 3. The van der Waals surface area contributed by atoms with Crippen LogP contribution in [-0.2, 0) is 16.7 Å². The lowest BCUT2D eigenvalue weighted by Crippen LogP contribution is -2.48. The predicted octanol–water partition coefficient (Wildman–Crippen LogP) is 4.43. The number of aromatic nitrogens is 3. The van der Waals surface area contributed by atoms with Crippen LogP contribution in [0.5, 0.6) is 0 Å². The van der Waals surface area contributed by atoms with Crippen LogP contribution in [0.25, 0.3) is 5.52 Å². The van der Waals surface area contributed by atoms with Crippen molar-refractivity contribution in [1.29, 1.82) is 0 Å². The third kappa shape index (κ3) is 5.76. The van der Waals surface area contributed by atoms with Gasteiger partial charge in [-0.1, -0.05) is 48.4 Å². The van der Waals surface area contributed by atoms with Gasteiger partial charge in [0.15, 0.2) is 0 Å². The Labute approximate surface area is 217 Å². The highest BCUT2D eigenvalue weighted by molar-refractivity contribution is 6.34. The molecular weight excluding hydrogens is 478 g/mol. The number of alkyl carbamates (subject to hydrolysis) is 1. The van der Waals surface area contributed by atoms with Crippen molar-refractivity contribution in [1.82, 2.24) is 24.8 Å². The number of hydrogen-bond acceptors (Lipinski definition) is 5. The van der Waals surface area contributed by atoms with E-state index in [0.29, 0.717) is 29.3 Å². The van der Waals surface area contributed by atoms with Crippen molar-refractivity contribution in [3.63, 3.8) is 0 Å². The van der Waals surface area contributed by atoms with Crippen molar-refractivity contribution in [3.05, 3.63) is 68.9 Å². The van der Waals surface area contributed by atoms with E-state index in [1.165, 1.54) is 4.52 Å². The zero-order valence-corrected chi connectivity index (χ0v) is 22.3. The van der Waals surface area contributed by atoms with Crippen LogP contribution < -0.4 is 16.3 Å². The molecule has 1 aliphatic rings. The Morgan fingerprint density at radius 1 is 1.19 bits per heavy atom. The topological polar surface area (TPSA) is 89.7 Å². The molecule has 2 N–H and O–H groups in total. The highest BCUT2D eigenvalue weighted by Crippen LogP contribution is 2.43. The summed E-state index contributed by atoms with van der Waals surface area (Å²) in [6.07, 6.45) is 3.47. The molecule has 194 valence electrons. The smallest absolute Gasteiger partial charge is 0.407 e. The molecule has 1 saturated carbocycles. The first-order chi connectivity index (χ1) is 17.1. The molecule has 0 bridgehead atoms. The fourth-order valence-electron chi connectivity index (χ4n) is 4.75. The summed E-state index contributed by atoms with van der Waals surface area (Å²) in [5, 5.41) is 11.3. The number of carbonyl (C=O) groups is 1. The lowest BCUT2D eigenvalue weighted by Gasteiger charge is -2.43. The van der Waals surface area contributed by atoms with E-state index in [4.69, 9.17) is 16.3 Å². The second kappa shape index (κ2) is 10.6. The summed E-state index contributed by atoms with van der Waals surface area (Å²) < 4.78 is 8.56. The number of nitrogens with one attached hydrogen (secondary N) is 2. The third-order valence-corrected chi connectivity index (χ3v) is 7.16.